The average molecular weight is 275 g/mol. The predicted molar refractivity (Wildman–Crippen MR) is 81.9 cm³/mol. The molecule has 0 amide bonds. The molecule has 3 heteroatoms. The highest BCUT2D eigenvalue weighted by molar-refractivity contribution is 7.09. The predicted octanol–water partition coefficient (Wildman–Crippen LogP) is 3.65. The van der Waals surface area contributed by atoms with E-state index in [4.69, 9.17) is 10.5 Å². The van der Waals surface area contributed by atoms with Crippen molar-refractivity contribution in [2.45, 2.75) is 31.7 Å². The van der Waals surface area contributed by atoms with Crippen molar-refractivity contribution in [3.63, 3.8) is 0 Å². The molecule has 102 valence electrons. The lowest BCUT2D eigenvalue weighted by Crippen LogP contribution is -2.39. The van der Waals surface area contributed by atoms with Gasteiger partial charge in [-0.25, -0.2) is 0 Å². The summed E-state index contributed by atoms with van der Waals surface area (Å²) in [5.41, 5.74) is 7.50. The average Bonchev–Trinajstić information content (AvgIpc) is 2.90. The zero-order chi connectivity index (χ0) is 13.7. The van der Waals surface area contributed by atoms with Crippen LogP contribution in [0.25, 0.3) is 0 Å². The molecular formula is C16H21NOS. The van der Waals surface area contributed by atoms with Gasteiger partial charge >= 0.3 is 0 Å². The Hall–Kier alpha value is -1.32. The zero-order valence-corrected chi connectivity index (χ0v) is 12.4. The van der Waals surface area contributed by atoms with Gasteiger partial charge in [0, 0.05) is 10.4 Å². The number of hydrogen-bond acceptors (Lipinski definition) is 3. The van der Waals surface area contributed by atoms with E-state index in [0.717, 1.165) is 25.0 Å². The lowest BCUT2D eigenvalue weighted by atomic mass is 9.89. The van der Waals surface area contributed by atoms with Crippen LogP contribution >= 0.6 is 11.3 Å². The Balaban J connectivity index is 1.91. The summed E-state index contributed by atoms with van der Waals surface area (Å²) in [6, 6.07) is 12.4. The molecular weight excluding hydrogens is 254 g/mol. The van der Waals surface area contributed by atoms with Crippen LogP contribution in [0.5, 0.6) is 5.75 Å². The molecule has 1 aromatic carbocycles. The van der Waals surface area contributed by atoms with Crippen LogP contribution < -0.4 is 10.5 Å². The lowest BCUT2D eigenvalue weighted by Gasteiger charge is -2.24. The monoisotopic (exact) mass is 275 g/mol. The SMILES string of the molecule is COc1ccc(CC(C)(N)CCc2cccs2)cc1. The second kappa shape index (κ2) is 6.22. The van der Waals surface area contributed by atoms with Crippen molar-refractivity contribution < 1.29 is 4.74 Å². The summed E-state index contributed by atoms with van der Waals surface area (Å²) in [6.45, 7) is 2.13. The van der Waals surface area contributed by atoms with E-state index in [-0.39, 0.29) is 5.54 Å². The molecule has 19 heavy (non-hydrogen) atoms. The van der Waals surface area contributed by atoms with Crippen LogP contribution in [0.3, 0.4) is 0 Å². The highest BCUT2D eigenvalue weighted by Gasteiger charge is 2.19. The summed E-state index contributed by atoms with van der Waals surface area (Å²) >= 11 is 1.80. The number of methoxy groups -OCH3 is 1. The quantitative estimate of drug-likeness (QED) is 0.873. The molecule has 0 aliphatic heterocycles. The topological polar surface area (TPSA) is 35.2 Å². The third kappa shape index (κ3) is 4.37. The molecule has 0 saturated heterocycles. The third-order valence-corrected chi connectivity index (χ3v) is 4.23. The van der Waals surface area contributed by atoms with Crippen LogP contribution in [-0.4, -0.2) is 12.6 Å². The Morgan fingerprint density at radius 3 is 2.53 bits per heavy atom. The first-order valence-corrected chi connectivity index (χ1v) is 7.41. The molecule has 0 bridgehead atoms. The Labute approximate surface area is 119 Å². The molecule has 0 aliphatic rings. The normalized spacial score (nSPS) is 14.1. The van der Waals surface area contributed by atoms with E-state index >= 15 is 0 Å². The van der Waals surface area contributed by atoms with Gasteiger partial charge in [-0.1, -0.05) is 18.2 Å². The van der Waals surface area contributed by atoms with Gasteiger partial charge in [-0.2, -0.15) is 0 Å². The number of nitrogens with two attached hydrogens (primary N) is 1. The van der Waals surface area contributed by atoms with Crippen LogP contribution in [0.1, 0.15) is 23.8 Å². The van der Waals surface area contributed by atoms with Crippen LogP contribution in [-0.2, 0) is 12.8 Å². The first-order chi connectivity index (χ1) is 9.09. The minimum Gasteiger partial charge on any atom is -0.497 e. The maximum atomic E-state index is 6.41. The Morgan fingerprint density at radius 1 is 1.21 bits per heavy atom. The molecule has 0 aliphatic carbocycles. The highest BCUT2D eigenvalue weighted by Crippen LogP contribution is 2.21. The molecule has 2 nitrogen and oxygen atoms in total. The van der Waals surface area contributed by atoms with Crippen molar-refractivity contribution in [1.82, 2.24) is 0 Å². The molecule has 0 radical (unpaired) electrons. The van der Waals surface area contributed by atoms with E-state index in [0.29, 0.717) is 0 Å². The van der Waals surface area contributed by atoms with Gasteiger partial charge in [-0.15, -0.1) is 11.3 Å². The summed E-state index contributed by atoms with van der Waals surface area (Å²) in [6.07, 6.45) is 2.95. The summed E-state index contributed by atoms with van der Waals surface area (Å²) in [7, 11) is 1.68. The summed E-state index contributed by atoms with van der Waals surface area (Å²) in [4.78, 5) is 1.41. The van der Waals surface area contributed by atoms with Crippen LogP contribution in [0.2, 0.25) is 0 Å². The second-order valence-electron chi connectivity index (χ2n) is 5.26. The fourth-order valence-electron chi connectivity index (χ4n) is 2.16. The van der Waals surface area contributed by atoms with Crippen LogP contribution in [0, 0.1) is 0 Å². The van der Waals surface area contributed by atoms with Crippen molar-refractivity contribution >= 4 is 11.3 Å². The Kier molecular flexibility index (Phi) is 4.61. The second-order valence-corrected chi connectivity index (χ2v) is 6.29. The zero-order valence-electron chi connectivity index (χ0n) is 11.6. The van der Waals surface area contributed by atoms with E-state index in [9.17, 15) is 0 Å². The van der Waals surface area contributed by atoms with Crippen LogP contribution in [0.4, 0.5) is 0 Å². The maximum Gasteiger partial charge on any atom is 0.118 e. The van der Waals surface area contributed by atoms with Gasteiger partial charge in [-0.3, -0.25) is 0 Å². The number of benzene rings is 1. The molecule has 0 saturated carbocycles. The first kappa shape index (κ1) is 14.1. The maximum absolute atomic E-state index is 6.41. The van der Waals surface area contributed by atoms with Crippen molar-refractivity contribution in [3.05, 3.63) is 52.2 Å². The van der Waals surface area contributed by atoms with Crippen molar-refractivity contribution in [3.8, 4) is 5.75 Å². The van der Waals surface area contributed by atoms with Gasteiger partial charge in [0.15, 0.2) is 0 Å². The number of ether oxygens (including phenoxy) is 1. The number of thiophene rings is 1. The fraction of sp³-hybridized carbons (Fsp3) is 0.375. The molecule has 1 unspecified atom stereocenters. The fourth-order valence-corrected chi connectivity index (χ4v) is 2.87. The van der Waals surface area contributed by atoms with Gasteiger partial charge in [-0.05, 0) is 55.3 Å². The van der Waals surface area contributed by atoms with Gasteiger partial charge in [0.05, 0.1) is 7.11 Å². The lowest BCUT2D eigenvalue weighted by molar-refractivity contribution is 0.413. The number of rotatable bonds is 6. The third-order valence-electron chi connectivity index (χ3n) is 3.29. The molecule has 2 N–H and O–H groups in total. The van der Waals surface area contributed by atoms with E-state index in [1.165, 1.54) is 10.4 Å². The molecule has 1 heterocycles. The number of aryl methyl sites for hydroxylation is 1. The standard InChI is InChI=1S/C16H21NOS/c1-16(17,10-9-15-4-3-11-19-15)12-13-5-7-14(18-2)8-6-13/h3-8,11H,9-10,12,17H2,1-2H3. The highest BCUT2D eigenvalue weighted by atomic mass is 32.1. The molecule has 2 rings (SSSR count). The smallest absolute Gasteiger partial charge is 0.118 e. The molecule has 1 atom stereocenters. The van der Waals surface area contributed by atoms with Gasteiger partial charge < -0.3 is 10.5 Å². The van der Waals surface area contributed by atoms with Crippen molar-refractivity contribution in [2.75, 3.05) is 7.11 Å². The first-order valence-electron chi connectivity index (χ1n) is 6.53. The summed E-state index contributed by atoms with van der Waals surface area (Å²) < 4.78 is 5.17. The van der Waals surface area contributed by atoms with Gasteiger partial charge in [0.25, 0.3) is 0 Å². The largest absolute Gasteiger partial charge is 0.497 e. The molecule has 0 spiro atoms. The minimum atomic E-state index is -0.168. The van der Waals surface area contributed by atoms with E-state index in [1.54, 1.807) is 18.4 Å². The molecule has 1 aromatic heterocycles. The Morgan fingerprint density at radius 2 is 1.95 bits per heavy atom. The van der Waals surface area contributed by atoms with Gasteiger partial charge in [0.1, 0.15) is 5.75 Å². The summed E-state index contributed by atoms with van der Waals surface area (Å²) in [5, 5.41) is 2.12. The van der Waals surface area contributed by atoms with E-state index < -0.39 is 0 Å². The Bertz CT molecular complexity index is 488. The van der Waals surface area contributed by atoms with Gasteiger partial charge in [0.2, 0.25) is 0 Å². The summed E-state index contributed by atoms with van der Waals surface area (Å²) in [5.74, 6) is 0.890. The van der Waals surface area contributed by atoms with E-state index in [2.05, 4.69) is 36.6 Å². The van der Waals surface area contributed by atoms with Crippen molar-refractivity contribution in [1.29, 1.82) is 0 Å². The molecule has 2 aromatic rings. The molecule has 0 fully saturated rings. The van der Waals surface area contributed by atoms with E-state index in [1.807, 2.05) is 12.1 Å². The minimum absolute atomic E-state index is 0.168. The van der Waals surface area contributed by atoms with Crippen LogP contribution in [0.15, 0.2) is 41.8 Å². The van der Waals surface area contributed by atoms with Crippen molar-refractivity contribution in [2.24, 2.45) is 5.73 Å². The number of hydrogen-bond donors (Lipinski definition) is 1.